The number of halogens is 1. The van der Waals surface area contributed by atoms with Crippen LogP contribution in [0.3, 0.4) is 0 Å². The van der Waals surface area contributed by atoms with E-state index in [1.807, 2.05) is 0 Å². The van der Waals surface area contributed by atoms with Crippen molar-refractivity contribution in [3.8, 4) is 6.07 Å². The maximum absolute atomic E-state index is 13.9. The number of esters is 1. The monoisotopic (exact) mass is 363 g/mol. The van der Waals surface area contributed by atoms with E-state index in [0.29, 0.717) is 5.56 Å². The van der Waals surface area contributed by atoms with Gasteiger partial charge in [-0.25, -0.2) is 0 Å². The molecule has 1 atom stereocenters. The van der Waals surface area contributed by atoms with Crippen LogP contribution in [-0.2, 0) is 20.7 Å². The number of ether oxygens (including phenoxy) is 1. The van der Waals surface area contributed by atoms with Crippen LogP contribution in [0.1, 0.15) is 32.8 Å². The van der Waals surface area contributed by atoms with Crippen LogP contribution in [0.4, 0.5) is 15.8 Å². The molecule has 138 valence electrons. The quantitative estimate of drug-likeness (QED) is 0.268. The first-order valence-corrected chi connectivity index (χ1v) is 7.93. The van der Waals surface area contributed by atoms with Crippen LogP contribution in [0, 0.1) is 33.2 Å². The highest BCUT2D eigenvalue weighted by Gasteiger charge is 2.38. The van der Waals surface area contributed by atoms with E-state index >= 15 is 0 Å². The Hall–Kier alpha value is -3.02. The molecule has 1 aromatic carbocycles. The van der Waals surface area contributed by atoms with Crippen molar-refractivity contribution in [2.24, 2.45) is 5.92 Å². The number of amides is 1. The van der Waals surface area contributed by atoms with Gasteiger partial charge in [0.25, 0.3) is 0 Å². The van der Waals surface area contributed by atoms with E-state index in [2.05, 4.69) is 0 Å². The molecule has 1 amide bonds. The lowest BCUT2D eigenvalue weighted by atomic mass is 10.00. The molecule has 1 aliphatic heterocycles. The van der Waals surface area contributed by atoms with Crippen LogP contribution in [0.25, 0.3) is 0 Å². The first kappa shape index (κ1) is 19.3. The molecule has 0 aromatic heterocycles. The molecule has 0 radical (unpaired) electrons. The molecule has 1 aliphatic rings. The number of hydrogen-bond donors (Lipinski definition) is 0. The van der Waals surface area contributed by atoms with Crippen LogP contribution in [0.15, 0.2) is 12.1 Å². The Morgan fingerprint density at radius 3 is 2.69 bits per heavy atom. The molecule has 0 fully saturated rings. The molecule has 0 aliphatic carbocycles. The lowest BCUT2D eigenvalue weighted by Crippen LogP contribution is -2.41. The Labute approximate surface area is 149 Å². The normalized spacial score (nSPS) is 17.1. The molecule has 0 bridgehead atoms. The summed E-state index contributed by atoms with van der Waals surface area (Å²) in [4.78, 5) is 36.3. The Kier molecular flexibility index (Phi) is 5.25. The molecule has 1 heterocycles. The van der Waals surface area contributed by atoms with Gasteiger partial charge in [-0.1, -0.05) is 0 Å². The van der Waals surface area contributed by atoms with Gasteiger partial charge in [-0.2, -0.15) is 9.65 Å². The second kappa shape index (κ2) is 7.07. The standard InChI is InChI=1S/C17H18FN3O5/c1-17(2,3)26-16(23)11-5-4-10-8-12(18)14(21(24)25)9-13(10)20(7-6-19)15(11)22/h8-9,11H,4-5,7H2,1-3H3. The summed E-state index contributed by atoms with van der Waals surface area (Å²) in [5.74, 6) is -3.64. The molecular formula is C17H18FN3O5. The zero-order valence-electron chi connectivity index (χ0n) is 14.6. The average Bonchev–Trinajstić information content (AvgIpc) is 2.63. The number of aryl methyl sites for hydroxylation is 1. The van der Waals surface area contributed by atoms with Gasteiger partial charge in [0.1, 0.15) is 18.1 Å². The van der Waals surface area contributed by atoms with Crippen molar-refractivity contribution in [1.82, 2.24) is 0 Å². The molecule has 0 spiro atoms. The van der Waals surface area contributed by atoms with Gasteiger partial charge in [-0.15, -0.1) is 0 Å². The fourth-order valence-corrected chi connectivity index (χ4v) is 2.74. The molecule has 9 heteroatoms. The second-order valence-corrected chi connectivity index (χ2v) is 6.90. The van der Waals surface area contributed by atoms with E-state index in [-0.39, 0.29) is 18.5 Å². The molecule has 1 unspecified atom stereocenters. The van der Waals surface area contributed by atoms with Gasteiger partial charge >= 0.3 is 11.7 Å². The summed E-state index contributed by atoms with van der Waals surface area (Å²) in [5.41, 5.74) is -1.21. The predicted molar refractivity (Wildman–Crippen MR) is 88.7 cm³/mol. The number of nitrogens with zero attached hydrogens (tertiary/aromatic N) is 3. The highest BCUT2D eigenvalue weighted by Crippen LogP contribution is 2.34. The molecular weight excluding hydrogens is 345 g/mol. The van der Waals surface area contributed by atoms with Gasteiger partial charge in [-0.3, -0.25) is 24.6 Å². The minimum absolute atomic E-state index is 0.0555. The van der Waals surface area contributed by atoms with E-state index in [0.717, 1.165) is 17.0 Å². The number of hydrogen-bond acceptors (Lipinski definition) is 6. The van der Waals surface area contributed by atoms with Gasteiger partial charge in [0.05, 0.1) is 16.7 Å². The maximum Gasteiger partial charge on any atom is 0.319 e. The van der Waals surface area contributed by atoms with Crippen LogP contribution < -0.4 is 4.90 Å². The third kappa shape index (κ3) is 3.96. The minimum atomic E-state index is -1.17. The molecule has 0 saturated heterocycles. The van der Waals surface area contributed by atoms with Crippen LogP contribution >= 0.6 is 0 Å². The summed E-state index contributed by atoms with van der Waals surface area (Å²) in [6.45, 7) is 4.56. The summed E-state index contributed by atoms with van der Waals surface area (Å²) in [7, 11) is 0. The maximum atomic E-state index is 13.9. The topological polar surface area (TPSA) is 114 Å². The van der Waals surface area contributed by atoms with E-state index in [9.17, 15) is 24.1 Å². The van der Waals surface area contributed by atoms with Gasteiger partial charge in [0.2, 0.25) is 11.7 Å². The zero-order valence-corrected chi connectivity index (χ0v) is 14.6. The Bertz CT molecular complexity index is 810. The Morgan fingerprint density at radius 1 is 1.50 bits per heavy atom. The molecule has 2 rings (SSSR count). The SMILES string of the molecule is CC(C)(C)OC(=O)C1CCc2cc(F)c([N+](=O)[O-])cc2N(CC#N)C1=O. The Balaban J connectivity index is 2.49. The lowest BCUT2D eigenvalue weighted by Gasteiger charge is -2.25. The molecule has 0 N–H and O–H groups in total. The molecule has 0 saturated carbocycles. The largest absolute Gasteiger partial charge is 0.459 e. The number of carbonyl (C=O) groups excluding carboxylic acids is 2. The molecule has 8 nitrogen and oxygen atoms in total. The van der Waals surface area contributed by atoms with Crippen LogP contribution in [-0.4, -0.2) is 28.9 Å². The third-order valence-corrected chi connectivity index (χ3v) is 3.82. The lowest BCUT2D eigenvalue weighted by molar-refractivity contribution is -0.387. The Morgan fingerprint density at radius 2 is 2.15 bits per heavy atom. The second-order valence-electron chi connectivity index (χ2n) is 6.90. The van der Waals surface area contributed by atoms with Gasteiger partial charge in [0, 0.05) is 6.07 Å². The van der Waals surface area contributed by atoms with E-state index in [1.165, 1.54) is 0 Å². The smallest absolute Gasteiger partial charge is 0.319 e. The fraction of sp³-hybridized carbons (Fsp3) is 0.471. The van der Waals surface area contributed by atoms with E-state index in [4.69, 9.17) is 10.00 Å². The van der Waals surface area contributed by atoms with Crippen molar-refractivity contribution in [2.45, 2.75) is 39.2 Å². The average molecular weight is 363 g/mol. The molecule has 1 aromatic rings. The number of fused-ring (bicyclic) bond motifs is 1. The van der Waals surface area contributed by atoms with Gasteiger partial charge < -0.3 is 4.74 Å². The number of nitro groups is 1. The highest BCUT2D eigenvalue weighted by molar-refractivity contribution is 6.07. The number of nitro benzene ring substituents is 1. The summed E-state index contributed by atoms with van der Waals surface area (Å²) in [6, 6.07) is 3.70. The number of rotatable bonds is 3. The van der Waals surface area contributed by atoms with Gasteiger partial charge in [-0.05, 0) is 45.2 Å². The van der Waals surface area contributed by atoms with E-state index in [1.54, 1.807) is 26.8 Å². The van der Waals surface area contributed by atoms with Crippen LogP contribution in [0.5, 0.6) is 0 Å². The van der Waals surface area contributed by atoms with Crippen molar-refractivity contribution in [1.29, 1.82) is 5.26 Å². The van der Waals surface area contributed by atoms with Gasteiger partial charge in [0.15, 0.2) is 0 Å². The van der Waals surface area contributed by atoms with Crippen molar-refractivity contribution < 1.29 is 23.6 Å². The fourth-order valence-electron chi connectivity index (χ4n) is 2.74. The number of benzene rings is 1. The van der Waals surface area contributed by atoms with Crippen molar-refractivity contribution in [3.63, 3.8) is 0 Å². The summed E-state index contributed by atoms with van der Waals surface area (Å²) in [6.07, 6.45) is 0.196. The first-order chi connectivity index (χ1) is 12.0. The number of carbonyl (C=O) groups is 2. The molecule has 26 heavy (non-hydrogen) atoms. The highest BCUT2D eigenvalue weighted by atomic mass is 19.1. The third-order valence-electron chi connectivity index (χ3n) is 3.82. The summed E-state index contributed by atoms with van der Waals surface area (Å²) < 4.78 is 19.2. The zero-order chi connectivity index (χ0) is 19.6. The minimum Gasteiger partial charge on any atom is -0.459 e. The van der Waals surface area contributed by atoms with Crippen molar-refractivity contribution in [2.75, 3.05) is 11.4 Å². The van der Waals surface area contributed by atoms with Crippen LogP contribution in [0.2, 0.25) is 0 Å². The summed E-state index contributed by atoms with van der Waals surface area (Å²) >= 11 is 0. The van der Waals surface area contributed by atoms with Crippen molar-refractivity contribution >= 4 is 23.3 Å². The van der Waals surface area contributed by atoms with Crippen molar-refractivity contribution in [3.05, 3.63) is 33.6 Å². The van der Waals surface area contributed by atoms with E-state index < -0.39 is 46.4 Å². The number of anilines is 1. The first-order valence-electron chi connectivity index (χ1n) is 7.93. The summed E-state index contributed by atoms with van der Waals surface area (Å²) in [5, 5.41) is 20.0. The number of nitriles is 1. The predicted octanol–water partition coefficient (Wildman–Crippen LogP) is 2.49.